The first kappa shape index (κ1) is 38.2. The van der Waals surface area contributed by atoms with Crippen LogP contribution in [-0.4, -0.2) is 183 Å². The van der Waals surface area contributed by atoms with Gasteiger partial charge in [0, 0.05) is 25.0 Å². The standard InChI is InChI=1S/C26H51N5O14/c1-9-22(44-26-21(40)20(39)18(37)14(42-26)6-30-5-10(34)7-32)11(28)4-12(31-24(41)13(35)2-3-27)23(9)45-25-19(38)16(29)17(36)15(8-33)43-25/h9-23,25-26,30,32-40H,2-8,27-29H2,1H3,(H,31,41)/t9-,10?,11-,12+,13-,14+,15+,16-,17+,18+,19+,20-,21+,22-,23+,25+,26+/m0/s1. The maximum Gasteiger partial charge on any atom is 0.249 e. The van der Waals surface area contributed by atoms with Crippen molar-refractivity contribution >= 4 is 5.91 Å². The molecule has 1 aliphatic carbocycles. The van der Waals surface area contributed by atoms with Crippen LogP contribution in [-0.2, 0) is 23.7 Å². The fourth-order valence-electron chi connectivity index (χ4n) is 5.85. The summed E-state index contributed by atoms with van der Waals surface area (Å²) in [7, 11) is 0. The first-order chi connectivity index (χ1) is 21.2. The zero-order valence-corrected chi connectivity index (χ0v) is 25.1. The SMILES string of the molecule is C[C@@H]1[C@@H](O[C@H]2O[C@H](CO)[C@@H](O)[C@H](N)[C@H]2O)[C@H](NC(=O)[C@@H](O)CCN)C[C@H](N)[C@H]1O[C@H]1O[C@H](CNCC(O)CO)[C@@H](O)[C@H](O)[C@H]1O. The Balaban J connectivity index is 1.82. The maximum absolute atomic E-state index is 12.8. The number of hydrogen-bond donors (Lipinski definition) is 14. The molecule has 19 nitrogen and oxygen atoms in total. The van der Waals surface area contributed by atoms with E-state index in [9.17, 15) is 45.6 Å². The third-order valence-corrected chi connectivity index (χ3v) is 8.58. The second-order valence-corrected chi connectivity index (χ2v) is 12.0. The number of carbonyl (C=O) groups is 1. The summed E-state index contributed by atoms with van der Waals surface area (Å²) in [5.41, 5.74) is 17.9. The Morgan fingerprint density at radius 2 is 1.53 bits per heavy atom. The Kier molecular flexibility index (Phi) is 14.7. The summed E-state index contributed by atoms with van der Waals surface area (Å²) in [6.45, 7) is 0.402. The summed E-state index contributed by atoms with van der Waals surface area (Å²) in [6.07, 6.45) is -17.8. The van der Waals surface area contributed by atoms with Crippen LogP contribution >= 0.6 is 0 Å². The number of hydrogen-bond acceptors (Lipinski definition) is 18. The van der Waals surface area contributed by atoms with Gasteiger partial charge >= 0.3 is 0 Å². The molecule has 2 aliphatic heterocycles. The van der Waals surface area contributed by atoms with E-state index in [1.165, 1.54) is 0 Å². The first-order valence-electron chi connectivity index (χ1n) is 15.1. The summed E-state index contributed by atoms with van der Waals surface area (Å²) in [5, 5.41) is 96.5. The minimum atomic E-state index is -1.71. The van der Waals surface area contributed by atoms with Crippen LogP contribution in [0.4, 0.5) is 0 Å². The Hall–Kier alpha value is -1.21. The lowest BCUT2D eigenvalue weighted by atomic mass is 9.78. The van der Waals surface area contributed by atoms with Crippen LogP contribution in [0.2, 0.25) is 0 Å². The third kappa shape index (κ3) is 9.24. The molecule has 19 heteroatoms. The van der Waals surface area contributed by atoms with Crippen molar-refractivity contribution in [2.75, 3.05) is 32.8 Å². The summed E-state index contributed by atoms with van der Waals surface area (Å²) in [5.74, 6) is -1.53. The van der Waals surface area contributed by atoms with Gasteiger partial charge in [-0.05, 0) is 19.4 Å². The highest BCUT2D eigenvalue weighted by atomic mass is 16.7. The molecule has 264 valence electrons. The normalized spacial score (nSPS) is 43.9. The summed E-state index contributed by atoms with van der Waals surface area (Å²) in [6, 6.07) is -2.99. The van der Waals surface area contributed by atoms with Gasteiger partial charge in [0.25, 0.3) is 0 Å². The molecular formula is C26H51N5O14. The molecule has 3 fully saturated rings. The number of nitrogens with one attached hydrogen (secondary N) is 2. The summed E-state index contributed by atoms with van der Waals surface area (Å²) < 4.78 is 23.6. The van der Waals surface area contributed by atoms with Gasteiger partial charge < -0.3 is 92.7 Å². The Morgan fingerprint density at radius 1 is 0.911 bits per heavy atom. The van der Waals surface area contributed by atoms with Crippen molar-refractivity contribution in [3.8, 4) is 0 Å². The van der Waals surface area contributed by atoms with E-state index in [1.54, 1.807) is 6.92 Å². The van der Waals surface area contributed by atoms with Crippen molar-refractivity contribution in [3.63, 3.8) is 0 Å². The van der Waals surface area contributed by atoms with Crippen LogP contribution < -0.4 is 27.8 Å². The molecule has 2 heterocycles. The van der Waals surface area contributed by atoms with Crippen LogP contribution in [0, 0.1) is 5.92 Å². The van der Waals surface area contributed by atoms with Gasteiger partial charge in [0.05, 0.1) is 43.6 Å². The lowest BCUT2D eigenvalue weighted by Gasteiger charge is -2.49. The van der Waals surface area contributed by atoms with E-state index in [0.717, 1.165) is 0 Å². The van der Waals surface area contributed by atoms with Gasteiger partial charge in [-0.3, -0.25) is 4.79 Å². The van der Waals surface area contributed by atoms with Crippen LogP contribution in [0.25, 0.3) is 0 Å². The van der Waals surface area contributed by atoms with Gasteiger partial charge in [-0.1, -0.05) is 6.92 Å². The molecule has 0 radical (unpaired) electrons. The second kappa shape index (κ2) is 17.3. The van der Waals surface area contributed by atoms with E-state index in [4.69, 9.17) is 41.3 Å². The van der Waals surface area contributed by atoms with Gasteiger partial charge in [0.1, 0.15) is 48.8 Å². The Labute approximate surface area is 260 Å². The third-order valence-electron chi connectivity index (χ3n) is 8.58. The zero-order valence-electron chi connectivity index (χ0n) is 25.1. The number of carbonyl (C=O) groups excluding carboxylic acids is 1. The Bertz CT molecular complexity index is 912. The molecule has 17 N–H and O–H groups in total. The minimum absolute atomic E-state index is 0.0142. The minimum Gasteiger partial charge on any atom is -0.394 e. The average Bonchev–Trinajstić information content (AvgIpc) is 3.01. The van der Waals surface area contributed by atoms with E-state index in [2.05, 4.69) is 10.6 Å². The molecule has 0 aromatic rings. The predicted octanol–water partition coefficient (Wildman–Crippen LogP) is -8.16. The molecule has 1 unspecified atom stereocenters. The van der Waals surface area contributed by atoms with E-state index in [-0.39, 0.29) is 32.5 Å². The van der Waals surface area contributed by atoms with Crippen molar-refractivity contribution in [3.05, 3.63) is 0 Å². The van der Waals surface area contributed by atoms with Crippen LogP contribution in [0.5, 0.6) is 0 Å². The number of ether oxygens (including phenoxy) is 4. The summed E-state index contributed by atoms with van der Waals surface area (Å²) in [4.78, 5) is 12.8. The lowest BCUT2D eigenvalue weighted by Crippen LogP contribution is -2.67. The van der Waals surface area contributed by atoms with Crippen LogP contribution in [0.3, 0.4) is 0 Å². The van der Waals surface area contributed by atoms with E-state index >= 15 is 0 Å². The first-order valence-corrected chi connectivity index (χ1v) is 15.1. The van der Waals surface area contributed by atoms with E-state index in [0.29, 0.717) is 0 Å². The highest BCUT2D eigenvalue weighted by Crippen LogP contribution is 2.35. The number of aliphatic hydroxyl groups excluding tert-OH is 9. The van der Waals surface area contributed by atoms with Gasteiger partial charge in [-0.2, -0.15) is 0 Å². The number of aliphatic hydroxyl groups is 9. The van der Waals surface area contributed by atoms with Gasteiger partial charge in [-0.15, -0.1) is 0 Å². The number of amides is 1. The molecule has 3 rings (SSSR count). The molecule has 0 bridgehead atoms. The number of nitrogens with two attached hydrogens (primary N) is 3. The Morgan fingerprint density at radius 3 is 2.16 bits per heavy atom. The molecule has 1 saturated carbocycles. The van der Waals surface area contributed by atoms with Gasteiger partial charge in [0.2, 0.25) is 5.91 Å². The quantitative estimate of drug-likeness (QED) is 0.0824. The highest BCUT2D eigenvalue weighted by Gasteiger charge is 2.51. The van der Waals surface area contributed by atoms with Crippen molar-refractivity contribution in [1.29, 1.82) is 0 Å². The fraction of sp³-hybridized carbons (Fsp3) is 0.962. The molecule has 0 aromatic heterocycles. The van der Waals surface area contributed by atoms with E-state index < -0.39 is 123 Å². The predicted molar refractivity (Wildman–Crippen MR) is 151 cm³/mol. The van der Waals surface area contributed by atoms with Crippen molar-refractivity contribution in [1.82, 2.24) is 10.6 Å². The molecule has 0 aromatic carbocycles. The lowest BCUT2D eigenvalue weighted by molar-refractivity contribution is -0.327. The summed E-state index contributed by atoms with van der Waals surface area (Å²) >= 11 is 0. The molecule has 1 amide bonds. The van der Waals surface area contributed by atoms with Gasteiger partial charge in [-0.25, -0.2) is 0 Å². The monoisotopic (exact) mass is 657 g/mol. The van der Waals surface area contributed by atoms with Crippen molar-refractivity contribution < 1.29 is 69.7 Å². The van der Waals surface area contributed by atoms with Crippen molar-refractivity contribution in [2.45, 2.75) is 118 Å². The molecular weight excluding hydrogens is 606 g/mol. The molecule has 0 spiro atoms. The smallest absolute Gasteiger partial charge is 0.249 e. The van der Waals surface area contributed by atoms with Gasteiger partial charge in [0.15, 0.2) is 12.6 Å². The maximum atomic E-state index is 12.8. The molecule has 17 atom stereocenters. The molecule has 2 saturated heterocycles. The zero-order chi connectivity index (χ0) is 33.6. The average molecular weight is 658 g/mol. The van der Waals surface area contributed by atoms with Crippen LogP contribution in [0.15, 0.2) is 0 Å². The number of rotatable bonds is 14. The second-order valence-electron chi connectivity index (χ2n) is 12.0. The highest BCUT2D eigenvalue weighted by molar-refractivity contribution is 5.80. The molecule has 45 heavy (non-hydrogen) atoms. The van der Waals surface area contributed by atoms with E-state index in [1.807, 2.05) is 0 Å². The largest absolute Gasteiger partial charge is 0.394 e. The van der Waals surface area contributed by atoms with Crippen LogP contribution in [0.1, 0.15) is 19.8 Å². The fourth-order valence-corrected chi connectivity index (χ4v) is 5.85. The molecule has 3 aliphatic rings. The van der Waals surface area contributed by atoms with Crippen molar-refractivity contribution in [2.24, 2.45) is 23.1 Å². The topological polar surface area (TPSA) is 338 Å².